The molecule has 0 saturated carbocycles. The van der Waals surface area contributed by atoms with Gasteiger partial charge in [0.05, 0.1) is 4.92 Å². The summed E-state index contributed by atoms with van der Waals surface area (Å²) in [5.41, 5.74) is -0.0221. The highest BCUT2D eigenvalue weighted by Gasteiger charge is 2.22. The maximum atomic E-state index is 12.0. The molecule has 2 N–H and O–H groups in total. The van der Waals surface area contributed by atoms with Gasteiger partial charge >= 0.3 is 0 Å². The van der Waals surface area contributed by atoms with E-state index < -0.39 is 4.92 Å². The first-order chi connectivity index (χ1) is 9.11. The second-order valence-corrected chi connectivity index (χ2v) is 5.25. The number of hydrogen-bond donors (Lipinski definition) is 2. The molecule has 1 aromatic rings. The SMILES string of the molecule is CSc1ccc([N+](=O)[O-])c(C(=O)NCC2CNC2)c1. The number of rotatable bonds is 5. The summed E-state index contributed by atoms with van der Waals surface area (Å²) in [6.07, 6.45) is 1.86. The molecule has 19 heavy (non-hydrogen) atoms. The van der Waals surface area contributed by atoms with Crippen LogP contribution in [0.15, 0.2) is 23.1 Å². The summed E-state index contributed by atoms with van der Waals surface area (Å²) in [4.78, 5) is 23.3. The van der Waals surface area contributed by atoms with Gasteiger partial charge in [-0.25, -0.2) is 0 Å². The van der Waals surface area contributed by atoms with Gasteiger partial charge in [-0.3, -0.25) is 14.9 Å². The lowest BCUT2D eigenvalue weighted by atomic mass is 10.0. The Morgan fingerprint density at radius 3 is 2.84 bits per heavy atom. The normalized spacial score (nSPS) is 14.8. The van der Waals surface area contributed by atoms with Crippen LogP contribution in [0.1, 0.15) is 10.4 Å². The first-order valence-electron chi connectivity index (χ1n) is 5.93. The van der Waals surface area contributed by atoms with Gasteiger partial charge in [0.2, 0.25) is 0 Å². The quantitative estimate of drug-likeness (QED) is 0.482. The van der Waals surface area contributed by atoms with E-state index >= 15 is 0 Å². The number of hydrogen-bond acceptors (Lipinski definition) is 5. The third-order valence-corrected chi connectivity index (χ3v) is 3.79. The van der Waals surface area contributed by atoms with Gasteiger partial charge in [-0.05, 0) is 18.4 Å². The van der Waals surface area contributed by atoms with Crippen molar-refractivity contribution in [1.82, 2.24) is 10.6 Å². The second kappa shape index (κ2) is 6.03. The fourth-order valence-electron chi connectivity index (χ4n) is 1.81. The highest BCUT2D eigenvalue weighted by atomic mass is 32.2. The fourth-order valence-corrected chi connectivity index (χ4v) is 2.25. The molecule has 1 amide bonds. The van der Waals surface area contributed by atoms with Gasteiger partial charge < -0.3 is 10.6 Å². The van der Waals surface area contributed by atoms with Crippen LogP contribution in [0.4, 0.5) is 5.69 Å². The number of nitro benzene ring substituents is 1. The topological polar surface area (TPSA) is 84.3 Å². The number of nitrogens with one attached hydrogen (secondary N) is 2. The van der Waals surface area contributed by atoms with E-state index in [4.69, 9.17) is 0 Å². The van der Waals surface area contributed by atoms with Crippen LogP contribution in [0.5, 0.6) is 0 Å². The molecule has 0 radical (unpaired) electrons. The minimum atomic E-state index is -0.524. The van der Waals surface area contributed by atoms with E-state index in [1.807, 2.05) is 6.26 Å². The van der Waals surface area contributed by atoms with Crippen LogP contribution >= 0.6 is 11.8 Å². The highest BCUT2D eigenvalue weighted by Crippen LogP contribution is 2.24. The molecule has 1 heterocycles. The van der Waals surface area contributed by atoms with Gasteiger partial charge in [-0.2, -0.15) is 0 Å². The summed E-state index contributed by atoms with van der Waals surface area (Å²) in [6.45, 7) is 2.31. The summed E-state index contributed by atoms with van der Waals surface area (Å²) in [6, 6.07) is 4.60. The van der Waals surface area contributed by atoms with Gasteiger partial charge in [-0.1, -0.05) is 0 Å². The Hall–Kier alpha value is -1.60. The third-order valence-electron chi connectivity index (χ3n) is 3.06. The zero-order valence-corrected chi connectivity index (χ0v) is 11.3. The average molecular weight is 281 g/mol. The molecule has 1 fully saturated rings. The largest absolute Gasteiger partial charge is 0.351 e. The Bertz CT molecular complexity index is 503. The van der Waals surface area contributed by atoms with Crippen molar-refractivity contribution in [3.05, 3.63) is 33.9 Å². The summed E-state index contributed by atoms with van der Waals surface area (Å²) < 4.78 is 0. The lowest BCUT2D eigenvalue weighted by Gasteiger charge is -2.27. The van der Waals surface area contributed by atoms with Crippen LogP contribution in [0, 0.1) is 16.0 Å². The average Bonchev–Trinajstić information content (AvgIpc) is 2.35. The Kier molecular flexibility index (Phi) is 4.39. The molecule has 0 spiro atoms. The molecule has 0 unspecified atom stereocenters. The van der Waals surface area contributed by atoms with Crippen LogP contribution < -0.4 is 10.6 Å². The highest BCUT2D eigenvalue weighted by molar-refractivity contribution is 7.98. The molecule has 102 valence electrons. The number of carbonyl (C=O) groups excluding carboxylic acids is 1. The molecule has 6 nitrogen and oxygen atoms in total. The van der Waals surface area contributed by atoms with Gasteiger partial charge in [0.15, 0.2) is 0 Å². The van der Waals surface area contributed by atoms with Crippen molar-refractivity contribution in [2.75, 3.05) is 25.9 Å². The Morgan fingerprint density at radius 2 is 2.32 bits per heavy atom. The van der Waals surface area contributed by atoms with Crippen molar-refractivity contribution in [1.29, 1.82) is 0 Å². The van der Waals surface area contributed by atoms with E-state index in [-0.39, 0.29) is 17.2 Å². The fraction of sp³-hybridized carbons (Fsp3) is 0.417. The smallest absolute Gasteiger partial charge is 0.282 e. The molecule has 1 aromatic carbocycles. The maximum Gasteiger partial charge on any atom is 0.282 e. The first kappa shape index (κ1) is 13.8. The second-order valence-electron chi connectivity index (χ2n) is 4.37. The van der Waals surface area contributed by atoms with E-state index in [2.05, 4.69) is 10.6 Å². The monoisotopic (exact) mass is 281 g/mol. The predicted molar refractivity (Wildman–Crippen MR) is 73.6 cm³/mol. The van der Waals surface area contributed by atoms with Gasteiger partial charge in [0.1, 0.15) is 5.56 Å². The van der Waals surface area contributed by atoms with Crippen molar-refractivity contribution >= 4 is 23.4 Å². The number of nitro groups is 1. The van der Waals surface area contributed by atoms with Gasteiger partial charge in [0.25, 0.3) is 11.6 Å². The van der Waals surface area contributed by atoms with Crippen LogP contribution in [0.2, 0.25) is 0 Å². The third kappa shape index (κ3) is 3.24. The molecule has 1 aliphatic heterocycles. The molecule has 0 aliphatic carbocycles. The number of benzene rings is 1. The summed E-state index contributed by atoms with van der Waals surface area (Å²) in [5, 5.41) is 16.8. The predicted octanol–water partition coefficient (Wildman–Crippen LogP) is 1.27. The standard InChI is InChI=1S/C12H15N3O3S/c1-19-9-2-3-11(15(17)18)10(4-9)12(16)14-7-8-5-13-6-8/h2-4,8,13H,5-7H2,1H3,(H,14,16). The van der Waals surface area contributed by atoms with E-state index in [1.54, 1.807) is 12.1 Å². The molecule has 0 aromatic heterocycles. The van der Waals surface area contributed by atoms with Crippen LogP contribution in [0.3, 0.4) is 0 Å². The lowest BCUT2D eigenvalue weighted by Crippen LogP contribution is -2.48. The number of thioether (sulfide) groups is 1. The molecule has 1 aliphatic rings. The lowest BCUT2D eigenvalue weighted by molar-refractivity contribution is -0.385. The summed E-state index contributed by atoms with van der Waals surface area (Å²) in [5.74, 6) is 0.0428. The molecule has 0 bridgehead atoms. The molecule has 0 atom stereocenters. The minimum Gasteiger partial charge on any atom is -0.351 e. The molecule has 7 heteroatoms. The number of carbonyl (C=O) groups is 1. The van der Waals surface area contributed by atoms with Crippen molar-refractivity contribution in [2.45, 2.75) is 4.90 Å². The summed E-state index contributed by atoms with van der Waals surface area (Å²) in [7, 11) is 0. The Labute approximate surface area is 115 Å². The zero-order valence-electron chi connectivity index (χ0n) is 10.5. The van der Waals surface area contributed by atoms with Crippen molar-refractivity contribution in [3.63, 3.8) is 0 Å². The Balaban J connectivity index is 2.14. The molecular weight excluding hydrogens is 266 g/mol. The molecule has 2 rings (SSSR count). The number of nitrogens with zero attached hydrogens (tertiary/aromatic N) is 1. The first-order valence-corrected chi connectivity index (χ1v) is 7.15. The van der Waals surface area contributed by atoms with Crippen LogP contribution in [-0.2, 0) is 0 Å². The minimum absolute atomic E-state index is 0.129. The zero-order chi connectivity index (χ0) is 13.8. The van der Waals surface area contributed by atoms with Crippen molar-refractivity contribution < 1.29 is 9.72 Å². The van der Waals surface area contributed by atoms with E-state index in [1.165, 1.54) is 17.8 Å². The summed E-state index contributed by atoms with van der Waals surface area (Å²) >= 11 is 1.45. The van der Waals surface area contributed by atoms with Gasteiger partial charge in [0, 0.05) is 36.5 Å². The van der Waals surface area contributed by atoms with Gasteiger partial charge in [-0.15, -0.1) is 11.8 Å². The van der Waals surface area contributed by atoms with Crippen molar-refractivity contribution in [3.8, 4) is 0 Å². The number of amides is 1. The van der Waals surface area contributed by atoms with E-state index in [9.17, 15) is 14.9 Å². The Morgan fingerprint density at radius 1 is 1.58 bits per heavy atom. The van der Waals surface area contributed by atoms with Crippen molar-refractivity contribution in [2.24, 2.45) is 5.92 Å². The molecule has 1 saturated heterocycles. The van der Waals surface area contributed by atoms with Crippen LogP contribution in [-0.4, -0.2) is 36.7 Å². The van der Waals surface area contributed by atoms with E-state index in [0.29, 0.717) is 12.5 Å². The van der Waals surface area contributed by atoms with Crippen LogP contribution in [0.25, 0.3) is 0 Å². The van der Waals surface area contributed by atoms with E-state index in [0.717, 1.165) is 18.0 Å². The maximum absolute atomic E-state index is 12.0. The molecular formula is C12H15N3O3S.